The number of ether oxygens (including phenoxy) is 1. The highest BCUT2D eigenvalue weighted by molar-refractivity contribution is 7.20. The second-order valence-corrected chi connectivity index (χ2v) is 8.99. The number of nitrogens with zero attached hydrogens (tertiary/aromatic N) is 4. The van der Waals surface area contributed by atoms with Crippen molar-refractivity contribution in [1.29, 1.82) is 0 Å². The molecular formula is C22H22FN5O2S. The number of carbonyl (C=O) groups excluding carboxylic acids is 1. The van der Waals surface area contributed by atoms with Crippen LogP contribution in [0.5, 0.6) is 5.75 Å². The normalized spacial score (nSPS) is 17.0. The van der Waals surface area contributed by atoms with E-state index in [1.54, 1.807) is 19.3 Å². The van der Waals surface area contributed by atoms with Gasteiger partial charge in [-0.1, -0.05) is 6.07 Å². The molecule has 9 heteroatoms. The molecule has 0 spiro atoms. The fraction of sp³-hybridized carbons (Fsp3) is 0.318. The molecule has 1 fully saturated rings. The number of benzene rings is 1. The number of pyridine rings is 1. The maximum atomic E-state index is 14.8. The number of hydrogen-bond donors (Lipinski definition) is 1. The monoisotopic (exact) mass is 439 g/mol. The summed E-state index contributed by atoms with van der Waals surface area (Å²) in [6.45, 7) is 2.07. The fourth-order valence-electron chi connectivity index (χ4n) is 4.15. The van der Waals surface area contributed by atoms with Crippen molar-refractivity contribution in [2.45, 2.75) is 12.3 Å². The van der Waals surface area contributed by atoms with Gasteiger partial charge in [0, 0.05) is 42.2 Å². The topological polar surface area (TPSA) is 72.3 Å². The number of methoxy groups -OCH3 is 1. The van der Waals surface area contributed by atoms with E-state index in [2.05, 4.69) is 28.4 Å². The second kappa shape index (κ2) is 7.58. The minimum absolute atomic E-state index is 0.0357. The number of likely N-dealkylation sites (N-methyl/N-ethyl adjacent to an activating group) is 1. The minimum Gasteiger partial charge on any atom is -0.491 e. The smallest absolute Gasteiger partial charge is 0.265 e. The van der Waals surface area contributed by atoms with Crippen LogP contribution in [0.2, 0.25) is 0 Å². The number of fused-ring (bicyclic) bond motifs is 2. The number of amides is 1. The number of anilines is 1. The summed E-state index contributed by atoms with van der Waals surface area (Å²) in [4.78, 5) is 21.4. The van der Waals surface area contributed by atoms with E-state index in [0.29, 0.717) is 16.2 Å². The summed E-state index contributed by atoms with van der Waals surface area (Å²) in [6.07, 6.45) is 2.79. The predicted octanol–water partition coefficient (Wildman–Crippen LogP) is 4.00. The first kappa shape index (κ1) is 19.9. The van der Waals surface area contributed by atoms with E-state index in [-0.39, 0.29) is 22.9 Å². The first-order chi connectivity index (χ1) is 14.9. The van der Waals surface area contributed by atoms with Gasteiger partial charge in [0.2, 0.25) is 0 Å². The summed E-state index contributed by atoms with van der Waals surface area (Å²) in [7, 11) is 5.20. The SMILES string of the molecule is COc1c(NC(=O)c2cc3ccc([C@H]4CCN(C)C4)nc3s2)cc2cn(C)nc2c1F. The highest BCUT2D eigenvalue weighted by atomic mass is 32.1. The lowest BCUT2D eigenvalue weighted by Gasteiger charge is -2.10. The van der Waals surface area contributed by atoms with Gasteiger partial charge in [-0.2, -0.15) is 5.10 Å². The van der Waals surface area contributed by atoms with Crippen molar-refractivity contribution >= 4 is 44.1 Å². The molecule has 7 nitrogen and oxygen atoms in total. The Morgan fingerprint density at radius 1 is 1.29 bits per heavy atom. The van der Waals surface area contributed by atoms with Gasteiger partial charge in [-0.25, -0.2) is 9.37 Å². The van der Waals surface area contributed by atoms with E-state index in [4.69, 9.17) is 9.72 Å². The van der Waals surface area contributed by atoms with Gasteiger partial charge in [-0.3, -0.25) is 9.48 Å². The highest BCUT2D eigenvalue weighted by Crippen LogP contribution is 2.35. The molecule has 0 saturated carbocycles. The van der Waals surface area contributed by atoms with Gasteiger partial charge in [-0.05, 0) is 38.2 Å². The van der Waals surface area contributed by atoms with Gasteiger partial charge in [0.1, 0.15) is 10.3 Å². The summed E-state index contributed by atoms with van der Waals surface area (Å²) in [6, 6.07) is 7.56. The lowest BCUT2D eigenvalue weighted by atomic mass is 10.0. The van der Waals surface area contributed by atoms with Crippen molar-refractivity contribution in [3.05, 3.63) is 46.9 Å². The summed E-state index contributed by atoms with van der Waals surface area (Å²) in [5, 5.41) is 8.41. The summed E-state index contributed by atoms with van der Waals surface area (Å²) < 4.78 is 21.6. The summed E-state index contributed by atoms with van der Waals surface area (Å²) in [5.41, 5.74) is 1.54. The molecule has 4 aromatic rings. The van der Waals surface area contributed by atoms with Crippen LogP contribution in [0.4, 0.5) is 10.1 Å². The van der Waals surface area contributed by atoms with Crippen LogP contribution < -0.4 is 10.1 Å². The maximum absolute atomic E-state index is 14.8. The van der Waals surface area contributed by atoms with E-state index in [1.165, 1.54) is 23.1 Å². The summed E-state index contributed by atoms with van der Waals surface area (Å²) >= 11 is 1.34. The third-order valence-electron chi connectivity index (χ3n) is 5.70. The highest BCUT2D eigenvalue weighted by Gasteiger charge is 2.23. The zero-order chi connectivity index (χ0) is 21.7. The molecule has 1 atom stereocenters. The number of aromatic nitrogens is 3. The van der Waals surface area contributed by atoms with Crippen LogP contribution in [0.15, 0.2) is 30.5 Å². The Hall–Kier alpha value is -3.04. The average Bonchev–Trinajstić information content (AvgIpc) is 3.45. The molecule has 160 valence electrons. The van der Waals surface area contributed by atoms with Gasteiger partial charge >= 0.3 is 0 Å². The zero-order valence-electron chi connectivity index (χ0n) is 17.5. The van der Waals surface area contributed by atoms with Crippen LogP contribution in [0, 0.1) is 5.82 Å². The molecule has 0 bridgehead atoms. The van der Waals surface area contributed by atoms with Gasteiger partial charge in [0.05, 0.1) is 17.7 Å². The van der Waals surface area contributed by atoms with Crippen molar-refractivity contribution in [3.63, 3.8) is 0 Å². The number of nitrogens with one attached hydrogen (secondary N) is 1. The first-order valence-corrected chi connectivity index (χ1v) is 10.8. The minimum atomic E-state index is -0.597. The molecule has 4 heterocycles. The Morgan fingerprint density at radius 3 is 2.87 bits per heavy atom. The molecule has 0 aliphatic carbocycles. The third kappa shape index (κ3) is 3.53. The van der Waals surface area contributed by atoms with E-state index in [9.17, 15) is 9.18 Å². The maximum Gasteiger partial charge on any atom is 0.265 e. The van der Waals surface area contributed by atoms with Crippen molar-refractivity contribution < 1.29 is 13.9 Å². The molecule has 1 amide bonds. The average molecular weight is 440 g/mol. The van der Waals surface area contributed by atoms with Crippen molar-refractivity contribution in [1.82, 2.24) is 19.7 Å². The number of likely N-dealkylation sites (tertiary alicyclic amines) is 1. The number of carbonyl (C=O) groups is 1. The largest absolute Gasteiger partial charge is 0.491 e. The van der Waals surface area contributed by atoms with Crippen molar-refractivity contribution in [2.75, 3.05) is 32.6 Å². The molecule has 1 aliphatic heterocycles. The molecule has 0 radical (unpaired) electrons. The lowest BCUT2D eigenvalue weighted by molar-refractivity contribution is 0.103. The van der Waals surface area contributed by atoms with E-state index in [1.807, 2.05) is 12.1 Å². The molecule has 0 unspecified atom stereocenters. The third-order valence-corrected chi connectivity index (χ3v) is 6.74. The van der Waals surface area contributed by atoms with Crippen molar-refractivity contribution in [3.8, 4) is 5.75 Å². The molecule has 1 aliphatic rings. The van der Waals surface area contributed by atoms with Crippen LogP contribution >= 0.6 is 11.3 Å². The standard InChI is InChI=1S/C22H22FN5O2S/c1-27-7-6-13(10-27)15-5-4-12-9-17(31-22(12)25-15)21(29)24-16-8-14-11-28(2)26-19(14)18(23)20(16)30-3/h4-5,8-9,11,13H,6-7,10H2,1-3H3,(H,24,29)/t13-/m0/s1. The summed E-state index contributed by atoms with van der Waals surface area (Å²) in [5.74, 6) is -0.537. The molecule has 1 N–H and O–H groups in total. The molecule has 1 saturated heterocycles. The van der Waals surface area contributed by atoms with Crippen LogP contribution in [-0.2, 0) is 7.05 Å². The molecule has 31 heavy (non-hydrogen) atoms. The first-order valence-electron chi connectivity index (χ1n) is 10.0. The quantitative estimate of drug-likeness (QED) is 0.520. The molecular weight excluding hydrogens is 417 g/mol. The second-order valence-electron chi connectivity index (χ2n) is 7.96. The van der Waals surface area contributed by atoms with Crippen LogP contribution in [-0.4, -0.2) is 52.8 Å². The fourth-order valence-corrected chi connectivity index (χ4v) is 5.09. The number of aryl methyl sites for hydroxylation is 1. The lowest BCUT2D eigenvalue weighted by Crippen LogP contribution is -2.13. The zero-order valence-corrected chi connectivity index (χ0v) is 18.3. The number of thiophene rings is 1. The Bertz CT molecular complexity index is 1310. The van der Waals surface area contributed by atoms with E-state index < -0.39 is 5.82 Å². The number of halogens is 1. The van der Waals surface area contributed by atoms with Crippen LogP contribution in [0.3, 0.4) is 0 Å². The Balaban J connectivity index is 1.45. The van der Waals surface area contributed by atoms with Crippen LogP contribution in [0.25, 0.3) is 21.1 Å². The molecule has 1 aromatic carbocycles. The van der Waals surface area contributed by atoms with Crippen molar-refractivity contribution in [2.24, 2.45) is 7.05 Å². The van der Waals surface area contributed by atoms with E-state index in [0.717, 1.165) is 35.4 Å². The Morgan fingerprint density at radius 2 is 2.13 bits per heavy atom. The molecule has 3 aromatic heterocycles. The number of hydrogen-bond acceptors (Lipinski definition) is 6. The van der Waals surface area contributed by atoms with Gasteiger partial charge < -0.3 is 15.0 Å². The van der Waals surface area contributed by atoms with E-state index >= 15 is 0 Å². The van der Waals surface area contributed by atoms with Gasteiger partial charge in [-0.15, -0.1) is 11.3 Å². The Labute approximate surface area is 182 Å². The van der Waals surface area contributed by atoms with Gasteiger partial charge in [0.25, 0.3) is 5.91 Å². The predicted molar refractivity (Wildman–Crippen MR) is 120 cm³/mol. The number of rotatable bonds is 4. The molecule has 5 rings (SSSR count). The van der Waals surface area contributed by atoms with Crippen LogP contribution in [0.1, 0.15) is 27.7 Å². The van der Waals surface area contributed by atoms with Gasteiger partial charge in [0.15, 0.2) is 11.6 Å². The Kier molecular flexibility index (Phi) is 4.86.